The Labute approximate surface area is 114 Å². The molecular formula is C13H13BrN2O2. The predicted octanol–water partition coefficient (Wildman–Crippen LogP) is 2.76. The van der Waals surface area contributed by atoms with Crippen LogP contribution in [0.25, 0.3) is 0 Å². The highest BCUT2D eigenvalue weighted by atomic mass is 79.9. The normalized spacial score (nSPS) is 10.3. The summed E-state index contributed by atoms with van der Waals surface area (Å²) in [5.41, 5.74) is 2.05. The Balaban J connectivity index is 2.07. The van der Waals surface area contributed by atoms with E-state index >= 15 is 0 Å². The third-order valence-corrected chi connectivity index (χ3v) is 3.02. The second kappa shape index (κ2) is 5.82. The van der Waals surface area contributed by atoms with E-state index in [0.29, 0.717) is 6.54 Å². The van der Waals surface area contributed by atoms with E-state index in [2.05, 4.69) is 20.9 Å². The third-order valence-electron chi connectivity index (χ3n) is 2.49. The topological polar surface area (TPSA) is 44.1 Å². The van der Waals surface area contributed by atoms with E-state index in [-0.39, 0.29) is 12.6 Å². The molecular weight excluding hydrogens is 296 g/mol. The summed E-state index contributed by atoms with van der Waals surface area (Å²) in [5.74, 6) is -0.286. The fraction of sp³-hybridized carbons (Fsp3) is 0.231. The Morgan fingerprint density at radius 3 is 2.78 bits per heavy atom. The van der Waals surface area contributed by atoms with Crippen LogP contribution in [-0.4, -0.2) is 15.5 Å². The molecule has 0 unspecified atom stereocenters. The van der Waals surface area contributed by atoms with Crippen LogP contribution in [0.4, 0.5) is 0 Å². The van der Waals surface area contributed by atoms with Gasteiger partial charge in [0.25, 0.3) is 0 Å². The molecule has 94 valence electrons. The van der Waals surface area contributed by atoms with Gasteiger partial charge in [0.1, 0.15) is 6.61 Å². The number of ether oxygens (including phenoxy) is 1. The zero-order valence-corrected chi connectivity index (χ0v) is 11.6. The van der Waals surface area contributed by atoms with Crippen molar-refractivity contribution in [2.75, 3.05) is 0 Å². The lowest BCUT2D eigenvalue weighted by molar-refractivity contribution is -0.142. The molecule has 0 atom stereocenters. The maximum atomic E-state index is 10.8. The van der Waals surface area contributed by atoms with Gasteiger partial charge in [-0.15, -0.1) is 0 Å². The molecule has 0 spiro atoms. The molecule has 0 bridgehead atoms. The molecule has 2 aromatic rings. The molecule has 2 rings (SSSR count). The van der Waals surface area contributed by atoms with Crippen LogP contribution in [0, 0.1) is 0 Å². The van der Waals surface area contributed by atoms with Gasteiger partial charge in [0.15, 0.2) is 0 Å². The summed E-state index contributed by atoms with van der Waals surface area (Å²) in [4.78, 5) is 14.9. The molecule has 0 aliphatic heterocycles. The molecule has 0 saturated heterocycles. The SMILES string of the molecule is CC(=O)OCc1cncn1Cc1ccc(Br)cc1. The number of halogens is 1. The molecule has 1 heterocycles. The van der Waals surface area contributed by atoms with E-state index in [1.807, 2.05) is 28.8 Å². The van der Waals surface area contributed by atoms with E-state index in [4.69, 9.17) is 4.74 Å². The van der Waals surface area contributed by atoms with Crippen LogP contribution in [0.5, 0.6) is 0 Å². The van der Waals surface area contributed by atoms with Gasteiger partial charge in [-0.05, 0) is 17.7 Å². The van der Waals surface area contributed by atoms with Gasteiger partial charge >= 0.3 is 5.97 Å². The Bertz CT molecular complexity index is 534. The van der Waals surface area contributed by atoms with Crippen LogP contribution in [0.1, 0.15) is 18.2 Å². The number of aromatic nitrogens is 2. The van der Waals surface area contributed by atoms with Crippen molar-refractivity contribution in [1.82, 2.24) is 9.55 Å². The van der Waals surface area contributed by atoms with Crippen molar-refractivity contribution in [1.29, 1.82) is 0 Å². The summed E-state index contributed by atoms with van der Waals surface area (Å²) in [7, 11) is 0. The van der Waals surface area contributed by atoms with Gasteiger partial charge in [-0.25, -0.2) is 4.98 Å². The summed E-state index contributed by atoms with van der Waals surface area (Å²) in [6, 6.07) is 8.08. The largest absolute Gasteiger partial charge is 0.459 e. The van der Waals surface area contributed by atoms with E-state index < -0.39 is 0 Å². The highest BCUT2D eigenvalue weighted by Gasteiger charge is 2.04. The predicted molar refractivity (Wildman–Crippen MR) is 70.9 cm³/mol. The van der Waals surface area contributed by atoms with Crippen molar-refractivity contribution in [2.24, 2.45) is 0 Å². The second-order valence-electron chi connectivity index (χ2n) is 3.92. The number of nitrogens with zero attached hydrogens (tertiary/aromatic N) is 2. The molecule has 0 amide bonds. The minimum Gasteiger partial charge on any atom is -0.459 e. The molecule has 0 radical (unpaired) electrons. The minimum atomic E-state index is -0.286. The van der Waals surface area contributed by atoms with Gasteiger partial charge in [0.2, 0.25) is 0 Å². The Morgan fingerprint density at radius 2 is 2.11 bits per heavy atom. The average molecular weight is 309 g/mol. The van der Waals surface area contributed by atoms with Crippen molar-refractivity contribution in [2.45, 2.75) is 20.1 Å². The first-order valence-corrected chi connectivity index (χ1v) is 6.31. The fourth-order valence-electron chi connectivity index (χ4n) is 1.57. The fourth-order valence-corrected chi connectivity index (χ4v) is 1.84. The first kappa shape index (κ1) is 12.8. The summed E-state index contributed by atoms with van der Waals surface area (Å²) in [6.45, 7) is 2.37. The van der Waals surface area contributed by atoms with Crippen LogP contribution >= 0.6 is 15.9 Å². The van der Waals surface area contributed by atoms with Gasteiger partial charge in [-0.2, -0.15) is 0 Å². The van der Waals surface area contributed by atoms with E-state index in [0.717, 1.165) is 10.2 Å². The zero-order chi connectivity index (χ0) is 13.0. The van der Waals surface area contributed by atoms with Gasteiger partial charge in [-0.1, -0.05) is 28.1 Å². The van der Waals surface area contributed by atoms with Gasteiger partial charge in [0.05, 0.1) is 18.2 Å². The van der Waals surface area contributed by atoms with Gasteiger partial charge in [0, 0.05) is 17.9 Å². The number of hydrogen-bond donors (Lipinski definition) is 0. The number of esters is 1. The number of benzene rings is 1. The lowest BCUT2D eigenvalue weighted by atomic mass is 10.2. The van der Waals surface area contributed by atoms with Gasteiger partial charge in [-0.3, -0.25) is 4.79 Å². The first-order valence-electron chi connectivity index (χ1n) is 5.52. The molecule has 0 N–H and O–H groups in total. The van der Waals surface area contributed by atoms with Crippen LogP contribution in [0.3, 0.4) is 0 Å². The summed E-state index contributed by atoms with van der Waals surface area (Å²) >= 11 is 3.40. The second-order valence-corrected chi connectivity index (χ2v) is 4.84. The third kappa shape index (κ3) is 3.43. The average Bonchev–Trinajstić information content (AvgIpc) is 2.77. The quantitative estimate of drug-likeness (QED) is 0.816. The van der Waals surface area contributed by atoms with Crippen molar-refractivity contribution in [3.8, 4) is 0 Å². The first-order chi connectivity index (χ1) is 8.65. The molecule has 0 aliphatic rings. The summed E-state index contributed by atoms with van der Waals surface area (Å²) in [6.07, 6.45) is 3.45. The van der Waals surface area contributed by atoms with Crippen LogP contribution in [0.2, 0.25) is 0 Å². The number of carbonyl (C=O) groups excluding carboxylic acids is 1. The van der Waals surface area contributed by atoms with Crippen molar-refractivity contribution < 1.29 is 9.53 Å². The zero-order valence-electron chi connectivity index (χ0n) is 9.97. The van der Waals surface area contributed by atoms with E-state index in [1.54, 1.807) is 12.5 Å². The molecule has 1 aromatic heterocycles. The van der Waals surface area contributed by atoms with Crippen LogP contribution in [-0.2, 0) is 22.7 Å². The monoisotopic (exact) mass is 308 g/mol. The van der Waals surface area contributed by atoms with E-state index in [9.17, 15) is 4.79 Å². The van der Waals surface area contributed by atoms with Crippen molar-refractivity contribution in [3.63, 3.8) is 0 Å². The number of imidazole rings is 1. The molecule has 4 nitrogen and oxygen atoms in total. The minimum absolute atomic E-state index is 0.256. The highest BCUT2D eigenvalue weighted by molar-refractivity contribution is 9.10. The molecule has 0 saturated carbocycles. The maximum absolute atomic E-state index is 10.8. The van der Waals surface area contributed by atoms with Crippen molar-refractivity contribution in [3.05, 3.63) is 52.5 Å². The molecule has 1 aromatic carbocycles. The van der Waals surface area contributed by atoms with E-state index in [1.165, 1.54) is 12.5 Å². The highest BCUT2D eigenvalue weighted by Crippen LogP contribution is 2.12. The standard InChI is InChI=1S/C13H13BrN2O2/c1-10(17)18-8-13-6-15-9-16(13)7-11-2-4-12(14)5-3-11/h2-6,9H,7-8H2,1H3. The van der Waals surface area contributed by atoms with Crippen LogP contribution in [0.15, 0.2) is 41.3 Å². The number of rotatable bonds is 4. The van der Waals surface area contributed by atoms with Crippen LogP contribution < -0.4 is 0 Å². The molecule has 5 heteroatoms. The molecule has 0 fully saturated rings. The molecule has 0 aliphatic carbocycles. The molecule has 18 heavy (non-hydrogen) atoms. The lowest BCUT2D eigenvalue weighted by Crippen LogP contribution is -2.06. The lowest BCUT2D eigenvalue weighted by Gasteiger charge is -2.08. The Hall–Kier alpha value is -1.62. The Kier molecular flexibility index (Phi) is 4.15. The van der Waals surface area contributed by atoms with Crippen molar-refractivity contribution >= 4 is 21.9 Å². The van der Waals surface area contributed by atoms with Gasteiger partial charge < -0.3 is 9.30 Å². The Morgan fingerprint density at radius 1 is 1.39 bits per heavy atom. The smallest absolute Gasteiger partial charge is 0.303 e. The summed E-state index contributed by atoms with van der Waals surface area (Å²) in [5, 5.41) is 0. The summed E-state index contributed by atoms with van der Waals surface area (Å²) < 4.78 is 7.99. The maximum Gasteiger partial charge on any atom is 0.303 e. The number of hydrogen-bond acceptors (Lipinski definition) is 3. The number of carbonyl (C=O) groups is 1.